The minimum absolute atomic E-state index is 0.105. The first kappa shape index (κ1) is 14.2. The van der Waals surface area contributed by atoms with Crippen LogP contribution in [0.15, 0.2) is 24.3 Å². The Morgan fingerprint density at radius 3 is 3.00 bits per heavy atom. The Kier molecular flexibility index (Phi) is 4.32. The largest absolute Gasteiger partial charge is 0.481 e. The van der Waals surface area contributed by atoms with Gasteiger partial charge in [-0.1, -0.05) is 17.7 Å². The molecule has 0 spiro atoms. The second kappa shape index (κ2) is 5.80. The van der Waals surface area contributed by atoms with Crippen LogP contribution in [0.2, 0.25) is 5.02 Å². The van der Waals surface area contributed by atoms with E-state index in [0.29, 0.717) is 10.8 Å². The lowest BCUT2D eigenvalue weighted by atomic mass is 10.0. The van der Waals surface area contributed by atoms with Crippen LogP contribution in [-0.4, -0.2) is 30.6 Å². The third kappa shape index (κ3) is 3.85. The summed E-state index contributed by atoms with van der Waals surface area (Å²) in [4.78, 5) is 12.1. The van der Waals surface area contributed by atoms with Crippen molar-refractivity contribution in [1.82, 2.24) is 10.6 Å². The van der Waals surface area contributed by atoms with Crippen molar-refractivity contribution >= 4 is 17.5 Å². The number of rotatable bonds is 4. The molecule has 1 aliphatic heterocycles. The minimum Gasteiger partial charge on any atom is -0.481 e. The third-order valence-electron chi connectivity index (χ3n) is 3.27. The molecule has 1 amide bonds. The van der Waals surface area contributed by atoms with Crippen LogP contribution in [0.25, 0.3) is 0 Å². The molecule has 5 heteroatoms. The average Bonchev–Trinajstić information content (AvgIpc) is 2.75. The predicted octanol–water partition coefficient (Wildman–Crippen LogP) is 1.98. The lowest BCUT2D eigenvalue weighted by Crippen LogP contribution is -2.51. The van der Waals surface area contributed by atoms with Crippen LogP contribution in [0, 0.1) is 0 Å². The Morgan fingerprint density at radius 1 is 1.58 bits per heavy atom. The standard InChI is InChI=1S/C14H19ClN2O2/c1-10(19-12-5-3-4-11(15)8-12)13(18)17-14(2)6-7-16-9-14/h3-5,8,10,16H,6-7,9H2,1-2H3,(H,17,18). The molecule has 1 heterocycles. The Labute approximate surface area is 118 Å². The SMILES string of the molecule is CC(Oc1cccc(Cl)c1)C(=O)NC1(C)CCNC1. The van der Waals surface area contributed by atoms with E-state index in [2.05, 4.69) is 10.6 Å². The molecule has 2 atom stereocenters. The number of hydrogen-bond acceptors (Lipinski definition) is 3. The number of hydrogen-bond donors (Lipinski definition) is 2. The molecule has 0 saturated carbocycles. The van der Waals surface area contributed by atoms with Gasteiger partial charge in [-0.15, -0.1) is 0 Å². The maximum Gasteiger partial charge on any atom is 0.261 e. The summed E-state index contributed by atoms with van der Waals surface area (Å²) in [6.07, 6.45) is 0.388. The number of ether oxygens (including phenoxy) is 1. The monoisotopic (exact) mass is 282 g/mol. The van der Waals surface area contributed by atoms with Crippen LogP contribution in [-0.2, 0) is 4.79 Å². The molecular weight excluding hydrogens is 264 g/mol. The van der Waals surface area contributed by atoms with Gasteiger partial charge in [0, 0.05) is 11.6 Å². The zero-order chi connectivity index (χ0) is 13.9. The highest BCUT2D eigenvalue weighted by Crippen LogP contribution is 2.19. The molecular formula is C14H19ClN2O2. The van der Waals surface area contributed by atoms with Crippen LogP contribution in [0.4, 0.5) is 0 Å². The number of halogens is 1. The second-order valence-electron chi connectivity index (χ2n) is 5.19. The fourth-order valence-corrected chi connectivity index (χ4v) is 2.30. The smallest absolute Gasteiger partial charge is 0.261 e. The van der Waals surface area contributed by atoms with Gasteiger partial charge in [-0.05, 0) is 45.0 Å². The number of nitrogens with one attached hydrogen (secondary N) is 2. The van der Waals surface area contributed by atoms with Gasteiger partial charge in [0.15, 0.2) is 6.10 Å². The van der Waals surface area contributed by atoms with E-state index < -0.39 is 6.10 Å². The zero-order valence-electron chi connectivity index (χ0n) is 11.2. The maximum atomic E-state index is 12.1. The van der Waals surface area contributed by atoms with Gasteiger partial charge >= 0.3 is 0 Å². The molecule has 0 radical (unpaired) electrons. The summed E-state index contributed by atoms with van der Waals surface area (Å²) in [6.45, 7) is 5.50. The molecule has 1 aromatic carbocycles. The van der Waals surface area contributed by atoms with Crippen molar-refractivity contribution < 1.29 is 9.53 Å². The van der Waals surface area contributed by atoms with Crippen molar-refractivity contribution in [2.24, 2.45) is 0 Å². The van der Waals surface area contributed by atoms with Gasteiger partial charge in [-0.3, -0.25) is 4.79 Å². The van der Waals surface area contributed by atoms with E-state index >= 15 is 0 Å². The van der Waals surface area contributed by atoms with Gasteiger partial charge in [0.1, 0.15) is 5.75 Å². The van der Waals surface area contributed by atoms with E-state index in [1.165, 1.54) is 0 Å². The Hall–Kier alpha value is -1.26. The second-order valence-corrected chi connectivity index (χ2v) is 5.63. The summed E-state index contributed by atoms with van der Waals surface area (Å²) in [5, 5.41) is 6.87. The van der Waals surface area contributed by atoms with E-state index in [1.54, 1.807) is 31.2 Å². The molecule has 1 saturated heterocycles. The third-order valence-corrected chi connectivity index (χ3v) is 3.51. The highest BCUT2D eigenvalue weighted by atomic mass is 35.5. The molecule has 2 rings (SSSR count). The first-order valence-electron chi connectivity index (χ1n) is 6.43. The lowest BCUT2D eigenvalue weighted by Gasteiger charge is -2.26. The van der Waals surface area contributed by atoms with E-state index in [9.17, 15) is 4.79 Å². The molecule has 19 heavy (non-hydrogen) atoms. The summed E-state index contributed by atoms with van der Waals surface area (Å²) < 4.78 is 5.60. The Bertz CT molecular complexity index is 459. The number of carbonyl (C=O) groups is 1. The highest BCUT2D eigenvalue weighted by molar-refractivity contribution is 6.30. The van der Waals surface area contributed by atoms with E-state index in [-0.39, 0.29) is 11.4 Å². The molecule has 4 nitrogen and oxygen atoms in total. The maximum absolute atomic E-state index is 12.1. The Morgan fingerprint density at radius 2 is 2.37 bits per heavy atom. The van der Waals surface area contributed by atoms with Crippen LogP contribution in [0.3, 0.4) is 0 Å². The van der Waals surface area contributed by atoms with Crippen molar-refractivity contribution in [2.45, 2.75) is 31.9 Å². The van der Waals surface area contributed by atoms with E-state index in [1.807, 2.05) is 6.92 Å². The molecule has 1 fully saturated rings. The number of amides is 1. The minimum atomic E-state index is -0.545. The predicted molar refractivity (Wildman–Crippen MR) is 75.6 cm³/mol. The molecule has 1 aliphatic rings. The molecule has 0 aliphatic carbocycles. The molecule has 0 bridgehead atoms. The van der Waals surface area contributed by atoms with Crippen LogP contribution < -0.4 is 15.4 Å². The zero-order valence-corrected chi connectivity index (χ0v) is 12.0. The van der Waals surface area contributed by atoms with Gasteiger partial charge in [0.05, 0.1) is 5.54 Å². The van der Waals surface area contributed by atoms with Gasteiger partial charge < -0.3 is 15.4 Å². The normalized spacial score (nSPS) is 23.9. The summed E-state index contributed by atoms with van der Waals surface area (Å²) in [7, 11) is 0. The van der Waals surface area contributed by atoms with Gasteiger partial charge in [0.25, 0.3) is 5.91 Å². The Balaban J connectivity index is 1.92. The summed E-state index contributed by atoms with van der Waals surface area (Å²) >= 11 is 5.88. The topological polar surface area (TPSA) is 50.4 Å². The first-order valence-corrected chi connectivity index (χ1v) is 6.81. The average molecular weight is 283 g/mol. The van der Waals surface area contributed by atoms with Gasteiger partial charge in [-0.2, -0.15) is 0 Å². The first-order chi connectivity index (χ1) is 8.98. The molecule has 104 valence electrons. The van der Waals surface area contributed by atoms with Crippen molar-refractivity contribution in [3.63, 3.8) is 0 Å². The summed E-state index contributed by atoms with van der Waals surface area (Å²) in [5.41, 5.74) is -0.178. The molecule has 2 N–H and O–H groups in total. The quantitative estimate of drug-likeness (QED) is 0.888. The molecule has 0 aromatic heterocycles. The summed E-state index contributed by atoms with van der Waals surface area (Å²) in [5.74, 6) is 0.496. The highest BCUT2D eigenvalue weighted by Gasteiger charge is 2.31. The number of benzene rings is 1. The fraction of sp³-hybridized carbons (Fsp3) is 0.500. The fourth-order valence-electron chi connectivity index (χ4n) is 2.12. The van der Waals surface area contributed by atoms with E-state index in [4.69, 9.17) is 16.3 Å². The van der Waals surface area contributed by atoms with Gasteiger partial charge in [-0.25, -0.2) is 0 Å². The lowest BCUT2D eigenvalue weighted by molar-refractivity contribution is -0.128. The van der Waals surface area contributed by atoms with Crippen LogP contribution >= 0.6 is 11.6 Å². The van der Waals surface area contributed by atoms with Crippen molar-refractivity contribution in [3.8, 4) is 5.75 Å². The van der Waals surface area contributed by atoms with Crippen molar-refractivity contribution in [3.05, 3.63) is 29.3 Å². The molecule has 1 aromatic rings. The van der Waals surface area contributed by atoms with Crippen LogP contribution in [0.5, 0.6) is 5.75 Å². The van der Waals surface area contributed by atoms with Crippen LogP contribution in [0.1, 0.15) is 20.3 Å². The number of carbonyl (C=O) groups excluding carboxylic acids is 1. The van der Waals surface area contributed by atoms with Crippen molar-refractivity contribution in [2.75, 3.05) is 13.1 Å². The summed E-state index contributed by atoms with van der Waals surface area (Å²) in [6, 6.07) is 7.05. The molecule has 2 unspecified atom stereocenters. The van der Waals surface area contributed by atoms with E-state index in [0.717, 1.165) is 19.5 Å². The van der Waals surface area contributed by atoms with Gasteiger partial charge in [0.2, 0.25) is 0 Å². The van der Waals surface area contributed by atoms with Crippen molar-refractivity contribution in [1.29, 1.82) is 0 Å².